The maximum absolute atomic E-state index is 13.3. The van der Waals surface area contributed by atoms with Crippen molar-refractivity contribution in [1.82, 2.24) is 0 Å². The van der Waals surface area contributed by atoms with E-state index >= 15 is 0 Å². The largest absolute Gasteiger partial charge is 0.483 e. The van der Waals surface area contributed by atoms with Gasteiger partial charge >= 0.3 is 0 Å². The molecule has 0 heterocycles. The quantitative estimate of drug-likeness (QED) is 0.861. The van der Waals surface area contributed by atoms with Crippen LogP contribution in [0.15, 0.2) is 36.4 Å². The van der Waals surface area contributed by atoms with Crippen LogP contribution in [0.4, 0.5) is 14.5 Å². The molecule has 0 aliphatic heterocycles. The first-order valence-electron chi connectivity index (χ1n) is 5.19. The first-order valence-corrected chi connectivity index (χ1v) is 5.57. The van der Waals surface area contributed by atoms with Crippen LogP contribution in [0.1, 0.15) is 5.56 Å². The standard InChI is InChI=1S/C13H10ClF2NO/c14-9-3-1-6-12(17)8(9)7-18-13-10(15)4-2-5-11(13)16/h1-6H,7,17H2. The van der Waals surface area contributed by atoms with Crippen LogP contribution in [0.3, 0.4) is 0 Å². The van der Waals surface area contributed by atoms with Crippen LogP contribution in [0, 0.1) is 11.6 Å². The summed E-state index contributed by atoms with van der Waals surface area (Å²) in [6.07, 6.45) is 0. The van der Waals surface area contributed by atoms with E-state index in [0.717, 1.165) is 12.1 Å². The summed E-state index contributed by atoms with van der Waals surface area (Å²) in [5.74, 6) is -1.96. The molecule has 0 atom stereocenters. The van der Waals surface area contributed by atoms with Gasteiger partial charge in [-0.15, -0.1) is 0 Å². The van der Waals surface area contributed by atoms with Gasteiger partial charge in [-0.05, 0) is 24.3 Å². The Labute approximate surface area is 108 Å². The second-order valence-electron chi connectivity index (χ2n) is 3.65. The Morgan fingerprint density at radius 1 is 1.06 bits per heavy atom. The number of para-hydroxylation sites is 1. The molecule has 0 saturated heterocycles. The lowest BCUT2D eigenvalue weighted by atomic mass is 10.2. The zero-order valence-corrected chi connectivity index (χ0v) is 10.0. The van der Waals surface area contributed by atoms with Gasteiger partial charge in [0.15, 0.2) is 17.4 Å². The minimum absolute atomic E-state index is 0.0939. The lowest BCUT2D eigenvalue weighted by molar-refractivity contribution is 0.274. The zero-order valence-electron chi connectivity index (χ0n) is 9.29. The van der Waals surface area contributed by atoms with Crippen molar-refractivity contribution in [3.05, 3.63) is 58.6 Å². The van der Waals surface area contributed by atoms with E-state index in [2.05, 4.69) is 0 Å². The molecule has 2 nitrogen and oxygen atoms in total. The third kappa shape index (κ3) is 2.54. The van der Waals surface area contributed by atoms with E-state index in [1.54, 1.807) is 18.2 Å². The molecule has 0 aliphatic rings. The van der Waals surface area contributed by atoms with E-state index in [-0.39, 0.29) is 6.61 Å². The summed E-state index contributed by atoms with van der Waals surface area (Å²) < 4.78 is 31.8. The molecule has 0 bridgehead atoms. The molecular formula is C13H10ClF2NO. The van der Waals surface area contributed by atoms with Crippen molar-refractivity contribution in [2.24, 2.45) is 0 Å². The molecule has 2 rings (SSSR count). The lowest BCUT2D eigenvalue weighted by Crippen LogP contribution is -2.03. The number of nitrogens with two attached hydrogens (primary N) is 1. The Hall–Kier alpha value is -1.81. The number of anilines is 1. The topological polar surface area (TPSA) is 35.2 Å². The van der Waals surface area contributed by atoms with Crippen LogP contribution in [-0.2, 0) is 6.61 Å². The molecule has 5 heteroatoms. The molecular weight excluding hydrogens is 260 g/mol. The monoisotopic (exact) mass is 269 g/mol. The van der Waals surface area contributed by atoms with Crippen molar-refractivity contribution in [3.8, 4) is 5.75 Å². The molecule has 2 aromatic carbocycles. The van der Waals surface area contributed by atoms with Gasteiger partial charge < -0.3 is 10.5 Å². The van der Waals surface area contributed by atoms with Crippen LogP contribution in [0.2, 0.25) is 5.02 Å². The van der Waals surface area contributed by atoms with Crippen molar-refractivity contribution in [2.75, 3.05) is 5.73 Å². The predicted octanol–water partition coefficient (Wildman–Crippen LogP) is 3.78. The van der Waals surface area contributed by atoms with Crippen molar-refractivity contribution in [2.45, 2.75) is 6.61 Å². The summed E-state index contributed by atoms with van der Waals surface area (Å²) in [7, 11) is 0. The highest BCUT2D eigenvalue weighted by Crippen LogP contribution is 2.26. The third-order valence-corrected chi connectivity index (χ3v) is 2.79. The summed E-state index contributed by atoms with van der Waals surface area (Å²) in [4.78, 5) is 0. The predicted molar refractivity (Wildman–Crippen MR) is 66.6 cm³/mol. The van der Waals surface area contributed by atoms with Gasteiger partial charge in [-0.1, -0.05) is 23.7 Å². The number of hydrogen-bond donors (Lipinski definition) is 1. The molecule has 18 heavy (non-hydrogen) atoms. The minimum Gasteiger partial charge on any atom is -0.483 e. The highest BCUT2D eigenvalue weighted by molar-refractivity contribution is 6.31. The molecule has 0 aromatic heterocycles. The van der Waals surface area contributed by atoms with Crippen molar-refractivity contribution in [1.29, 1.82) is 0 Å². The first kappa shape index (κ1) is 12.6. The molecule has 94 valence electrons. The fraction of sp³-hybridized carbons (Fsp3) is 0.0769. The molecule has 0 saturated carbocycles. The Morgan fingerprint density at radius 2 is 1.67 bits per heavy atom. The molecule has 0 amide bonds. The van der Waals surface area contributed by atoms with Gasteiger partial charge in [-0.25, -0.2) is 8.78 Å². The van der Waals surface area contributed by atoms with E-state index in [1.807, 2.05) is 0 Å². The molecule has 0 aliphatic carbocycles. The smallest absolute Gasteiger partial charge is 0.191 e. The van der Waals surface area contributed by atoms with E-state index < -0.39 is 17.4 Å². The Morgan fingerprint density at radius 3 is 2.28 bits per heavy atom. The molecule has 0 radical (unpaired) electrons. The molecule has 2 N–H and O–H groups in total. The fourth-order valence-corrected chi connectivity index (χ4v) is 1.73. The highest BCUT2D eigenvalue weighted by Gasteiger charge is 2.12. The van der Waals surface area contributed by atoms with Crippen LogP contribution in [0.25, 0.3) is 0 Å². The van der Waals surface area contributed by atoms with Crippen molar-refractivity contribution in [3.63, 3.8) is 0 Å². The second-order valence-corrected chi connectivity index (χ2v) is 4.05. The molecule has 0 unspecified atom stereocenters. The zero-order chi connectivity index (χ0) is 13.1. The third-order valence-electron chi connectivity index (χ3n) is 2.43. The highest BCUT2D eigenvalue weighted by atomic mass is 35.5. The Balaban J connectivity index is 2.22. The number of hydrogen-bond acceptors (Lipinski definition) is 2. The molecule has 0 fully saturated rings. The van der Waals surface area contributed by atoms with E-state index in [1.165, 1.54) is 6.07 Å². The summed E-state index contributed by atoms with van der Waals surface area (Å²) in [6.45, 7) is -0.0939. The van der Waals surface area contributed by atoms with Gasteiger partial charge in [-0.3, -0.25) is 0 Å². The number of benzene rings is 2. The van der Waals surface area contributed by atoms with Gasteiger partial charge in [0, 0.05) is 16.3 Å². The number of rotatable bonds is 3. The van der Waals surface area contributed by atoms with Gasteiger partial charge in [0.25, 0.3) is 0 Å². The average molecular weight is 270 g/mol. The number of nitrogen functional groups attached to an aromatic ring is 1. The van der Waals surface area contributed by atoms with E-state index in [9.17, 15) is 8.78 Å². The maximum Gasteiger partial charge on any atom is 0.191 e. The van der Waals surface area contributed by atoms with Crippen molar-refractivity contribution >= 4 is 17.3 Å². The normalized spacial score (nSPS) is 10.4. The molecule has 0 spiro atoms. The van der Waals surface area contributed by atoms with Crippen LogP contribution in [0.5, 0.6) is 5.75 Å². The van der Waals surface area contributed by atoms with Gasteiger partial charge in [0.1, 0.15) is 6.61 Å². The van der Waals surface area contributed by atoms with Crippen LogP contribution < -0.4 is 10.5 Å². The lowest BCUT2D eigenvalue weighted by Gasteiger charge is -2.11. The summed E-state index contributed by atoms with van der Waals surface area (Å²) in [5, 5.41) is 0.395. The van der Waals surface area contributed by atoms with Gasteiger partial charge in [0.05, 0.1) is 0 Å². The van der Waals surface area contributed by atoms with E-state index in [4.69, 9.17) is 22.1 Å². The second kappa shape index (κ2) is 5.23. The summed E-state index contributed by atoms with van der Waals surface area (Å²) in [6, 6.07) is 8.46. The van der Waals surface area contributed by atoms with Crippen molar-refractivity contribution < 1.29 is 13.5 Å². The van der Waals surface area contributed by atoms with Crippen LogP contribution in [-0.4, -0.2) is 0 Å². The fourth-order valence-electron chi connectivity index (χ4n) is 1.49. The maximum atomic E-state index is 13.3. The number of halogens is 3. The van der Waals surface area contributed by atoms with Crippen LogP contribution >= 0.6 is 11.6 Å². The van der Waals surface area contributed by atoms with Gasteiger partial charge in [0.2, 0.25) is 0 Å². The summed E-state index contributed by atoms with van der Waals surface area (Å²) >= 11 is 5.93. The Kier molecular flexibility index (Phi) is 3.67. The average Bonchev–Trinajstić information content (AvgIpc) is 2.31. The SMILES string of the molecule is Nc1cccc(Cl)c1COc1c(F)cccc1F. The van der Waals surface area contributed by atoms with E-state index in [0.29, 0.717) is 16.3 Å². The Bertz CT molecular complexity index is 483. The van der Waals surface area contributed by atoms with Gasteiger partial charge in [-0.2, -0.15) is 0 Å². The first-order chi connectivity index (χ1) is 8.59. The molecule has 2 aromatic rings. The number of ether oxygens (including phenoxy) is 1. The minimum atomic E-state index is -0.763. The summed E-state index contributed by atoms with van der Waals surface area (Å²) in [5.41, 5.74) is 6.63.